The maximum atomic E-state index is 11.3. The Hall–Kier alpha value is -5.96. The molecule has 8 nitrogen and oxygen atoms in total. The van der Waals surface area contributed by atoms with Crippen molar-refractivity contribution < 1.29 is 9.85 Å². The highest BCUT2D eigenvalue weighted by atomic mass is 35.5. The molecule has 0 saturated heterocycles. The lowest BCUT2D eigenvalue weighted by Crippen LogP contribution is -2.28. The first-order chi connectivity index (χ1) is 23.8. The number of non-ortho nitro benzene ring substituents is 2. The van der Waals surface area contributed by atoms with Gasteiger partial charge in [-0.1, -0.05) is 96.0 Å². The molecule has 6 aromatic rings. The minimum atomic E-state index is -0.662. The third-order valence-electron chi connectivity index (χ3n) is 8.64. The molecular formula is C39H24Cl2N4O4. The molecule has 238 valence electrons. The second kappa shape index (κ2) is 12.9. The van der Waals surface area contributed by atoms with Gasteiger partial charge in [0, 0.05) is 57.9 Å². The summed E-state index contributed by atoms with van der Waals surface area (Å²) < 4.78 is 0. The Labute approximate surface area is 291 Å². The molecule has 0 radical (unpaired) electrons. The molecule has 6 aromatic carbocycles. The van der Waals surface area contributed by atoms with Crippen molar-refractivity contribution in [3.05, 3.63) is 197 Å². The average molecular weight is 684 g/mol. The summed E-state index contributed by atoms with van der Waals surface area (Å²) in [5, 5.41) is 23.3. The third kappa shape index (κ3) is 5.77. The van der Waals surface area contributed by atoms with Crippen molar-refractivity contribution >= 4 is 58.4 Å². The molecule has 0 atom stereocenters. The first-order valence-electron chi connectivity index (χ1n) is 15.1. The van der Waals surface area contributed by atoms with Gasteiger partial charge in [-0.2, -0.15) is 0 Å². The average Bonchev–Trinajstić information content (AvgIpc) is 3.42. The summed E-state index contributed by atoms with van der Waals surface area (Å²) in [6.07, 6.45) is 3.06. The van der Waals surface area contributed by atoms with E-state index in [0.29, 0.717) is 32.5 Å². The van der Waals surface area contributed by atoms with Crippen LogP contribution >= 0.6 is 23.2 Å². The van der Waals surface area contributed by atoms with Crippen LogP contribution in [0.1, 0.15) is 33.4 Å². The summed E-state index contributed by atoms with van der Waals surface area (Å²) in [6.45, 7) is 0. The highest BCUT2D eigenvalue weighted by Gasteiger charge is 2.45. The largest absolute Gasteiger partial charge is 0.270 e. The highest BCUT2D eigenvalue weighted by Crippen LogP contribution is 2.56. The number of benzene rings is 6. The quantitative estimate of drug-likeness (QED) is 0.0901. The maximum absolute atomic E-state index is 11.3. The van der Waals surface area contributed by atoms with Gasteiger partial charge in [-0.05, 0) is 69.8 Å². The molecule has 10 heteroatoms. The molecule has 0 aromatic heterocycles. The molecule has 0 amide bonds. The number of hydrogen-bond donors (Lipinski definition) is 0. The standard InChI is InChI=1S/C39H24Cl2N4O4/c40-37-19-17-31(44(46)47)21-25(37)23-42-29-13-9-27(10-14-29)39(35-7-3-1-5-33(35)34-6-2-4-8-36(34)39)28-11-15-30(16-12-28)43-24-26-22-32(45(48)49)18-20-38(26)41/h1-24H. The van der Waals surface area contributed by atoms with Crippen LogP contribution < -0.4 is 0 Å². The number of aliphatic imine (C=N–C) groups is 2. The van der Waals surface area contributed by atoms with Gasteiger partial charge in [0.15, 0.2) is 0 Å². The van der Waals surface area contributed by atoms with E-state index >= 15 is 0 Å². The zero-order valence-corrected chi connectivity index (χ0v) is 27.0. The van der Waals surface area contributed by atoms with E-state index in [0.717, 1.165) is 33.4 Å². The van der Waals surface area contributed by atoms with E-state index in [1.165, 1.54) is 48.8 Å². The van der Waals surface area contributed by atoms with E-state index in [2.05, 4.69) is 58.5 Å². The van der Waals surface area contributed by atoms with Crippen molar-refractivity contribution in [3.63, 3.8) is 0 Å². The highest BCUT2D eigenvalue weighted by molar-refractivity contribution is 6.33. The number of nitro benzene ring substituents is 2. The summed E-state index contributed by atoms with van der Waals surface area (Å²) in [7, 11) is 0. The van der Waals surface area contributed by atoms with Crippen molar-refractivity contribution in [2.24, 2.45) is 9.98 Å². The van der Waals surface area contributed by atoms with E-state index in [-0.39, 0.29) is 11.4 Å². The van der Waals surface area contributed by atoms with Crippen LogP contribution in [0.4, 0.5) is 22.7 Å². The van der Waals surface area contributed by atoms with Crippen LogP contribution in [0.3, 0.4) is 0 Å². The second-order valence-corrected chi connectivity index (χ2v) is 12.2. The number of halogens is 2. The van der Waals surface area contributed by atoms with Gasteiger partial charge in [-0.15, -0.1) is 0 Å². The van der Waals surface area contributed by atoms with E-state index < -0.39 is 15.3 Å². The molecule has 0 unspecified atom stereocenters. The first kappa shape index (κ1) is 31.6. The molecular weight excluding hydrogens is 659 g/mol. The Balaban J connectivity index is 1.30. The monoisotopic (exact) mass is 682 g/mol. The first-order valence-corrected chi connectivity index (χ1v) is 15.9. The van der Waals surface area contributed by atoms with Gasteiger partial charge in [-0.3, -0.25) is 30.2 Å². The topological polar surface area (TPSA) is 111 Å². The molecule has 0 aliphatic heterocycles. The number of rotatable bonds is 8. The SMILES string of the molecule is O=[N+]([O-])c1ccc(Cl)c(C=Nc2ccc(C3(c4ccc(N=Cc5cc([N+](=O)[O-])ccc5Cl)cc4)c4ccccc4-c4ccccc43)cc2)c1. The lowest BCUT2D eigenvalue weighted by atomic mass is 9.67. The fraction of sp³-hybridized carbons (Fsp3) is 0.0256. The van der Waals surface area contributed by atoms with Crippen LogP contribution in [0.25, 0.3) is 11.1 Å². The third-order valence-corrected chi connectivity index (χ3v) is 9.33. The van der Waals surface area contributed by atoms with E-state index in [9.17, 15) is 20.2 Å². The van der Waals surface area contributed by atoms with E-state index in [4.69, 9.17) is 23.2 Å². The van der Waals surface area contributed by atoms with Crippen molar-refractivity contribution in [1.82, 2.24) is 0 Å². The van der Waals surface area contributed by atoms with Crippen LogP contribution in [0, 0.1) is 20.2 Å². The Morgan fingerprint density at radius 3 is 1.31 bits per heavy atom. The number of hydrogen-bond acceptors (Lipinski definition) is 6. The van der Waals surface area contributed by atoms with Gasteiger partial charge in [-0.25, -0.2) is 0 Å². The minimum Gasteiger partial charge on any atom is -0.258 e. The van der Waals surface area contributed by atoms with Gasteiger partial charge < -0.3 is 0 Å². The van der Waals surface area contributed by atoms with Crippen molar-refractivity contribution in [2.45, 2.75) is 5.41 Å². The minimum absolute atomic E-state index is 0.0637. The Bertz CT molecular complexity index is 2160. The van der Waals surface area contributed by atoms with Crippen LogP contribution in [0.2, 0.25) is 10.0 Å². The van der Waals surface area contributed by atoms with Crippen LogP contribution in [-0.2, 0) is 5.41 Å². The van der Waals surface area contributed by atoms with Crippen molar-refractivity contribution in [2.75, 3.05) is 0 Å². The number of nitrogens with zero attached hydrogens (tertiary/aromatic N) is 4. The Morgan fingerprint density at radius 1 is 0.531 bits per heavy atom. The van der Waals surface area contributed by atoms with E-state index in [1.54, 1.807) is 0 Å². The lowest BCUT2D eigenvalue weighted by Gasteiger charge is -2.34. The predicted octanol–water partition coefficient (Wildman–Crippen LogP) is 10.7. The Morgan fingerprint density at radius 2 is 0.918 bits per heavy atom. The predicted molar refractivity (Wildman–Crippen MR) is 194 cm³/mol. The molecule has 0 saturated carbocycles. The summed E-state index contributed by atoms with van der Waals surface area (Å²) in [5.41, 5.74) is 8.03. The second-order valence-electron chi connectivity index (χ2n) is 11.4. The zero-order chi connectivity index (χ0) is 34.1. The number of nitro groups is 2. The van der Waals surface area contributed by atoms with Crippen LogP contribution in [0.15, 0.2) is 143 Å². The molecule has 0 spiro atoms. The fourth-order valence-electron chi connectivity index (χ4n) is 6.39. The summed E-state index contributed by atoms with van der Waals surface area (Å²) in [6, 6.07) is 41.1. The summed E-state index contributed by atoms with van der Waals surface area (Å²) >= 11 is 12.6. The fourth-order valence-corrected chi connectivity index (χ4v) is 6.73. The van der Waals surface area contributed by atoms with Gasteiger partial charge in [0.05, 0.1) is 26.6 Å². The Kier molecular flexibility index (Phi) is 8.34. The zero-order valence-electron chi connectivity index (χ0n) is 25.5. The molecule has 0 fully saturated rings. The maximum Gasteiger partial charge on any atom is 0.270 e. The molecule has 0 bridgehead atoms. The molecule has 49 heavy (non-hydrogen) atoms. The van der Waals surface area contributed by atoms with Gasteiger partial charge in [0.25, 0.3) is 11.4 Å². The van der Waals surface area contributed by atoms with Crippen molar-refractivity contribution in [3.8, 4) is 11.1 Å². The summed E-state index contributed by atoms with van der Waals surface area (Å²) in [5.74, 6) is 0. The van der Waals surface area contributed by atoms with Gasteiger partial charge in [0.1, 0.15) is 0 Å². The lowest BCUT2D eigenvalue weighted by molar-refractivity contribution is -0.385. The molecule has 0 N–H and O–H groups in total. The van der Waals surface area contributed by atoms with Gasteiger partial charge in [0.2, 0.25) is 0 Å². The normalized spacial score (nSPS) is 13.0. The molecule has 1 aliphatic carbocycles. The number of fused-ring (bicyclic) bond motifs is 3. The summed E-state index contributed by atoms with van der Waals surface area (Å²) in [4.78, 5) is 30.7. The van der Waals surface area contributed by atoms with E-state index in [1.807, 2.05) is 48.5 Å². The van der Waals surface area contributed by atoms with Crippen molar-refractivity contribution in [1.29, 1.82) is 0 Å². The van der Waals surface area contributed by atoms with Gasteiger partial charge >= 0.3 is 0 Å². The van der Waals surface area contributed by atoms with Crippen LogP contribution in [0.5, 0.6) is 0 Å². The molecule has 7 rings (SSSR count). The molecule has 1 aliphatic rings. The van der Waals surface area contributed by atoms with Crippen LogP contribution in [-0.4, -0.2) is 22.3 Å². The molecule has 0 heterocycles. The smallest absolute Gasteiger partial charge is 0.258 e.